The first-order valence-corrected chi connectivity index (χ1v) is 6.43. The molecule has 0 fully saturated rings. The van der Waals surface area contributed by atoms with Crippen molar-refractivity contribution >= 4 is 11.8 Å². The molecule has 0 atom stereocenters. The lowest BCUT2D eigenvalue weighted by atomic mass is 10.1. The highest BCUT2D eigenvalue weighted by Gasteiger charge is 2.18. The van der Waals surface area contributed by atoms with Crippen LogP contribution in [0.1, 0.15) is 15.9 Å². The standard InChI is InChI=1S/C16H15FN2O2/c17-14-8-6-13(7-9-14)16(21)19(11-15(18)20)10-12-4-2-1-3-5-12/h1-9H,10-11H2,(H2,18,20). The van der Waals surface area contributed by atoms with E-state index < -0.39 is 11.7 Å². The van der Waals surface area contributed by atoms with Crippen molar-refractivity contribution in [1.82, 2.24) is 4.90 Å². The summed E-state index contributed by atoms with van der Waals surface area (Å²) in [7, 11) is 0. The normalized spacial score (nSPS) is 10.1. The molecule has 0 saturated carbocycles. The van der Waals surface area contributed by atoms with E-state index in [1.165, 1.54) is 29.2 Å². The molecule has 4 nitrogen and oxygen atoms in total. The quantitative estimate of drug-likeness (QED) is 0.913. The number of halogens is 1. The number of carbonyl (C=O) groups excluding carboxylic acids is 2. The molecule has 2 rings (SSSR count). The lowest BCUT2D eigenvalue weighted by Gasteiger charge is -2.21. The fourth-order valence-corrected chi connectivity index (χ4v) is 1.97. The van der Waals surface area contributed by atoms with Crippen LogP contribution in [0.25, 0.3) is 0 Å². The van der Waals surface area contributed by atoms with Crippen LogP contribution >= 0.6 is 0 Å². The predicted molar refractivity (Wildman–Crippen MR) is 76.8 cm³/mol. The van der Waals surface area contributed by atoms with E-state index in [-0.39, 0.29) is 19.0 Å². The van der Waals surface area contributed by atoms with Crippen LogP contribution in [-0.4, -0.2) is 23.3 Å². The van der Waals surface area contributed by atoms with E-state index in [0.29, 0.717) is 5.56 Å². The Kier molecular flexibility index (Phi) is 4.66. The Labute approximate surface area is 122 Å². The Morgan fingerprint density at radius 1 is 1.00 bits per heavy atom. The van der Waals surface area contributed by atoms with Crippen molar-refractivity contribution in [2.45, 2.75) is 6.54 Å². The summed E-state index contributed by atoms with van der Waals surface area (Å²) in [5.41, 5.74) is 6.39. The van der Waals surface area contributed by atoms with Gasteiger partial charge < -0.3 is 10.6 Å². The molecule has 0 radical (unpaired) electrons. The predicted octanol–water partition coefficient (Wildman–Crippen LogP) is 1.95. The molecule has 2 N–H and O–H groups in total. The average Bonchev–Trinajstić information content (AvgIpc) is 2.47. The summed E-state index contributed by atoms with van der Waals surface area (Å²) in [4.78, 5) is 24.9. The number of nitrogens with zero attached hydrogens (tertiary/aromatic N) is 1. The summed E-state index contributed by atoms with van der Waals surface area (Å²) >= 11 is 0. The van der Waals surface area contributed by atoms with Crippen LogP contribution in [0, 0.1) is 5.82 Å². The van der Waals surface area contributed by atoms with E-state index in [0.717, 1.165) is 5.56 Å². The van der Waals surface area contributed by atoms with E-state index in [4.69, 9.17) is 5.73 Å². The van der Waals surface area contributed by atoms with Gasteiger partial charge >= 0.3 is 0 Å². The van der Waals surface area contributed by atoms with Crippen molar-refractivity contribution in [3.63, 3.8) is 0 Å². The number of carbonyl (C=O) groups is 2. The summed E-state index contributed by atoms with van der Waals surface area (Å²) in [5.74, 6) is -1.38. The number of primary amides is 1. The van der Waals surface area contributed by atoms with Crippen molar-refractivity contribution in [3.8, 4) is 0 Å². The second-order valence-corrected chi connectivity index (χ2v) is 4.62. The second-order valence-electron chi connectivity index (χ2n) is 4.62. The molecule has 21 heavy (non-hydrogen) atoms. The zero-order valence-electron chi connectivity index (χ0n) is 11.3. The third-order valence-corrected chi connectivity index (χ3v) is 2.94. The molecule has 0 bridgehead atoms. The van der Waals surface area contributed by atoms with E-state index in [2.05, 4.69) is 0 Å². The number of rotatable bonds is 5. The monoisotopic (exact) mass is 286 g/mol. The Bertz CT molecular complexity index is 626. The lowest BCUT2D eigenvalue weighted by Crippen LogP contribution is -2.38. The number of amides is 2. The van der Waals surface area contributed by atoms with Gasteiger partial charge in [0.2, 0.25) is 5.91 Å². The van der Waals surface area contributed by atoms with E-state index in [1.807, 2.05) is 30.3 Å². The van der Waals surface area contributed by atoms with Crippen LogP contribution in [0.2, 0.25) is 0 Å². The van der Waals surface area contributed by atoms with Crippen molar-refractivity contribution in [1.29, 1.82) is 0 Å². The van der Waals surface area contributed by atoms with Crippen LogP contribution in [-0.2, 0) is 11.3 Å². The summed E-state index contributed by atoms with van der Waals surface area (Å²) in [5, 5.41) is 0. The van der Waals surface area contributed by atoms with Crippen LogP contribution in [0.15, 0.2) is 54.6 Å². The van der Waals surface area contributed by atoms with Crippen molar-refractivity contribution in [3.05, 3.63) is 71.5 Å². The van der Waals surface area contributed by atoms with Gasteiger partial charge in [-0.2, -0.15) is 0 Å². The van der Waals surface area contributed by atoms with Gasteiger partial charge in [-0.05, 0) is 29.8 Å². The van der Waals surface area contributed by atoms with E-state index >= 15 is 0 Å². The minimum atomic E-state index is -0.596. The highest BCUT2D eigenvalue weighted by atomic mass is 19.1. The van der Waals surface area contributed by atoms with Crippen molar-refractivity contribution in [2.75, 3.05) is 6.54 Å². The molecule has 5 heteroatoms. The van der Waals surface area contributed by atoms with Gasteiger partial charge in [0, 0.05) is 12.1 Å². The molecule has 0 spiro atoms. The molecule has 0 unspecified atom stereocenters. The smallest absolute Gasteiger partial charge is 0.254 e. The molecule has 0 heterocycles. The first-order chi connectivity index (χ1) is 10.1. The van der Waals surface area contributed by atoms with Gasteiger partial charge in [-0.25, -0.2) is 4.39 Å². The Morgan fingerprint density at radius 3 is 2.19 bits per heavy atom. The first kappa shape index (κ1) is 14.7. The number of benzene rings is 2. The third kappa shape index (κ3) is 4.14. The summed E-state index contributed by atoms with van der Waals surface area (Å²) in [6.45, 7) is 0.0745. The molecule has 2 aromatic carbocycles. The van der Waals surface area contributed by atoms with Crippen molar-refractivity contribution in [2.24, 2.45) is 5.73 Å². The molecular formula is C16H15FN2O2. The molecule has 0 aliphatic heterocycles. The van der Waals surface area contributed by atoms with Gasteiger partial charge in [0.25, 0.3) is 5.91 Å². The lowest BCUT2D eigenvalue weighted by molar-refractivity contribution is -0.118. The molecule has 0 saturated heterocycles. The van der Waals surface area contributed by atoms with Gasteiger partial charge in [0.05, 0.1) is 6.54 Å². The molecule has 108 valence electrons. The zero-order valence-corrected chi connectivity index (χ0v) is 11.3. The van der Waals surface area contributed by atoms with Crippen LogP contribution < -0.4 is 5.73 Å². The van der Waals surface area contributed by atoms with Crippen LogP contribution in [0.4, 0.5) is 4.39 Å². The van der Waals surface area contributed by atoms with E-state index in [1.54, 1.807) is 0 Å². The minimum Gasteiger partial charge on any atom is -0.368 e. The molecule has 2 amide bonds. The second kappa shape index (κ2) is 6.65. The van der Waals surface area contributed by atoms with E-state index in [9.17, 15) is 14.0 Å². The molecule has 2 aromatic rings. The molecule has 0 aromatic heterocycles. The third-order valence-electron chi connectivity index (χ3n) is 2.94. The summed E-state index contributed by atoms with van der Waals surface area (Å²) in [6.07, 6.45) is 0. The maximum atomic E-state index is 12.9. The largest absolute Gasteiger partial charge is 0.368 e. The first-order valence-electron chi connectivity index (χ1n) is 6.43. The van der Waals surface area contributed by atoms with Crippen molar-refractivity contribution < 1.29 is 14.0 Å². The number of hydrogen-bond donors (Lipinski definition) is 1. The van der Waals surface area contributed by atoms with Gasteiger partial charge in [-0.1, -0.05) is 30.3 Å². The maximum absolute atomic E-state index is 12.9. The number of hydrogen-bond acceptors (Lipinski definition) is 2. The highest BCUT2D eigenvalue weighted by molar-refractivity contribution is 5.96. The SMILES string of the molecule is NC(=O)CN(Cc1ccccc1)C(=O)c1ccc(F)cc1. The molecule has 0 aliphatic rings. The van der Waals surface area contributed by atoms with Gasteiger partial charge in [-0.15, -0.1) is 0 Å². The Morgan fingerprint density at radius 2 is 1.62 bits per heavy atom. The van der Waals surface area contributed by atoms with Gasteiger partial charge in [0.1, 0.15) is 5.82 Å². The van der Waals surface area contributed by atoms with Gasteiger partial charge in [0.15, 0.2) is 0 Å². The minimum absolute atomic E-state index is 0.189. The fraction of sp³-hybridized carbons (Fsp3) is 0.125. The molecular weight excluding hydrogens is 271 g/mol. The average molecular weight is 286 g/mol. The summed E-state index contributed by atoms with van der Waals surface area (Å²) < 4.78 is 12.9. The number of nitrogens with two attached hydrogens (primary N) is 1. The van der Waals surface area contributed by atoms with Gasteiger partial charge in [-0.3, -0.25) is 9.59 Å². The highest BCUT2D eigenvalue weighted by Crippen LogP contribution is 2.11. The molecule has 0 aliphatic carbocycles. The summed E-state index contributed by atoms with van der Waals surface area (Å²) in [6, 6.07) is 14.4. The van der Waals surface area contributed by atoms with Crippen LogP contribution in [0.5, 0.6) is 0 Å². The maximum Gasteiger partial charge on any atom is 0.254 e. The Balaban J connectivity index is 2.20. The fourth-order valence-electron chi connectivity index (χ4n) is 1.97. The van der Waals surface area contributed by atoms with Crippen LogP contribution in [0.3, 0.4) is 0 Å². The topological polar surface area (TPSA) is 63.4 Å². The zero-order chi connectivity index (χ0) is 15.2. The Hall–Kier alpha value is -2.69.